The van der Waals surface area contributed by atoms with Crippen LogP contribution in [0.4, 0.5) is 10.6 Å². The molecule has 130 valence electrons. The minimum absolute atomic E-state index is 0.111. The van der Waals surface area contributed by atoms with Gasteiger partial charge >= 0.3 is 12.1 Å². The molecule has 24 heavy (non-hydrogen) atoms. The fourth-order valence-electron chi connectivity index (χ4n) is 2.92. The number of ether oxygens (including phenoxy) is 2. The molecule has 1 atom stereocenters. The average molecular weight is 334 g/mol. The zero-order valence-corrected chi connectivity index (χ0v) is 14.3. The van der Waals surface area contributed by atoms with Crippen molar-refractivity contribution in [3.8, 4) is 0 Å². The molecule has 1 aliphatic heterocycles. The van der Waals surface area contributed by atoms with Crippen molar-refractivity contribution in [2.45, 2.75) is 38.8 Å². The number of anilines is 1. The SMILES string of the molecule is COC(=O)c1cnc(N2CC3(CC3NC(=O)OC(C)(C)C)C2)cn1. The van der Waals surface area contributed by atoms with Crippen molar-refractivity contribution in [3.63, 3.8) is 0 Å². The number of amides is 1. The first-order chi connectivity index (χ1) is 11.2. The normalized spacial score (nSPS) is 21.0. The van der Waals surface area contributed by atoms with E-state index < -0.39 is 11.6 Å². The molecule has 1 aromatic rings. The molecule has 1 aromatic heterocycles. The maximum absolute atomic E-state index is 11.8. The number of methoxy groups -OCH3 is 1. The second-order valence-electron chi connectivity index (χ2n) is 7.37. The van der Waals surface area contributed by atoms with Crippen LogP contribution in [0.2, 0.25) is 0 Å². The summed E-state index contributed by atoms with van der Waals surface area (Å²) in [6.07, 6.45) is 3.55. The first kappa shape index (κ1) is 16.5. The van der Waals surface area contributed by atoms with Crippen LogP contribution in [0.25, 0.3) is 0 Å². The summed E-state index contributed by atoms with van der Waals surface area (Å²) in [7, 11) is 1.31. The molecule has 1 N–H and O–H groups in total. The van der Waals surface area contributed by atoms with Crippen LogP contribution < -0.4 is 10.2 Å². The Morgan fingerprint density at radius 3 is 2.54 bits per heavy atom. The van der Waals surface area contributed by atoms with Crippen LogP contribution in [0.15, 0.2) is 12.4 Å². The molecular formula is C16H22N4O4. The van der Waals surface area contributed by atoms with Gasteiger partial charge in [-0.25, -0.2) is 19.6 Å². The molecule has 1 saturated carbocycles. The fraction of sp³-hybridized carbons (Fsp3) is 0.625. The summed E-state index contributed by atoms with van der Waals surface area (Å²) in [5, 5.41) is 2.92. The van der Waals surface area contributed by atoms with Gasteiger partial charge in [-0.3, -0.25) is 0 Å². The topological polar surface area (TPSA) is 93.7 Å². The third-order valence-electron chi connectivity index (χ3n) is 4.25. The van der Waals surface area contributed by atoms with E-state index in [9.17, 15) is 9.59 Å². The monoisotopic (exact) mass is 334 g/mol. The van der Waals surface area contributed by atoms with Crippen LogP contribution in [0, 0.1) is 5.41 Å². The summed E-state index contributed by atoms with van der Waals surface area (Å²) in [4.78, 5) is 33.5. The maximum atomic E-state index is 11.8. The number of aromatic nitrogens is 2. The van der Waals surface area contributed by atoms with E-state index in [4.69, 9.17) is 4.74 Å². The van der Waals surface area contributed by atoms with Gasteiger partial charge in [0.1, 0.15) is 11.4 Å². The van der Waals surface area contributed by atoms with E-state index in [1.807, 2.05) is 20.8 Å². The highest BCUT2D eigenvalue weighted by molar-refractivity contribution is 5.86. The third kappa shape index (κ3) is 3.27. The van der Waals surface area contributed by atoms with Crippen LogP contribution in [0.5, 0.6) is 0 Å². The molecule has 1 aliphatic carbocycles. The summed E-state index contributed by atoms with van der Waals surface area (Å²) in [5.74, 6) is 0.217. The predicted molar refractivity (Wildman–Crippen MR) is 85.8 cm³/mol. The third-order valence-corrected chi connectivity index (χ3v) is 4.25. The van der Waals surface area contributed by atoms with Gasteiger partial charge in [0.2, 0.25) is 0 Å². The van der Waals surface area contributed by atoms with Crippen LogP contribution in [-0.4, -0.2) is 53.9 Å². The lowest BCUT2D eigenvalue weighted by molar-refractivity contribution is 0.0512. The van der Waals surface area contributed by atoms with Gasteiger partial charge in [-0.2, -0.15) is 0 Å². The molecule has 1 amide bonds. The highest BCUT2D eigenvalue weighted by Gasteiger charge is 2.62. The first-order valence-corrected chi connectivity index (χ1v) is 7.87. The number of carbonyl (C=O) groups is 2. The van der Waals surface area contributed by atoms with Gasteiger partial charge in [0.05, 0.1) is 19.5 Å². The van der Waals surface area contributed by atoms with Crippen LogP contribution in [0.3, 0.4) is 0 Å². The van der Waals surface area contributed by atoms with E-state index >= 15 is 0 Å². The Labute approximate surface area is 140 Å². The number of hydrogen-bond donors (Lipinski definition) is 1. The molecule has 8 heteroatoms. The van der Waals surface area contributed by atoms with Crippen molar-refractivity contribution in [1.82, 2.24) is 15.3 Å². The molecule has 2 heterocycles. The Kier molecular flexibility index (Phi) is 3.85. The van der Waals surface area contributed by atoms with Crippen molar-refractivity contribution >= 4 is 17.9 Å². The van der Waals surface area contributed by atoms with Gasteiger partial charge < -0.3 is 19.7 Å². The van der Waals surface area contributed by atoms with Crippen LogP contribution in [0.1, 0.15) is 37.7 Å². The van der Waals surface area contributed by atoms with E-state index in [0.29, 0.717) is 0 Å². The minimum atomic E-state index is -0.502. The lowest BCUT2D eigenvalue weighted by Crippen LogP contribution is -2.53. The van der Waals surface area contributed by atoms with Gasteiger partial charge in [-0.1, -0.05) is 0 Å². The summed E-state index contributed by atoms with van der Waals surface area (Å²) in [6.45, 7) is 7.14. The standard InChI is InChI=1S/C16H22N4O4/c1-15(2,3)24-14(22)19-11-5-16(11)8-20(9-16)12-7-17-10(6-18-12)13(21)23-4/h6-7,11H,5,8-9H2,1-4H3,(H,19,22). The van der Waals surface area contributed by atoms with Crippen molar-refractivity contribution < 1.29 is 19.1 Å². The Morgan fingerprint density at radius 2 is 2.00 bits per heavy atom. The Morgan fingerprint density at radius 1 is 1.29 bits per heavy atom. The lowest BCUT2D eigenvalue weighted by Gasteiger charge is -2.41. The number of alkyl carbamates (subject to hydrolysis) is 1. The zero-order chi connectivity index (χ0) is 17.5. The van der Waals surface area contributed by atoms with E-state index in [1.54, 1.807) is 6.20 Å². The molecule has 2 aliphatic rings. The molecule has 1 saturated heterocycles. The fourth-order valence-corrected chi connectivity index (χ4v) is 2.92. The Balaban J connectivity index is 1.50. The first-order valence-electron chi connectivity index (χ1n) is 7.87. The molecule has 1 unspecified atom stereocenters. The summed E-state index contributed by atoms with van der Waals surface area (Å²) >= 11 is 0. The summed E-state index contributed by atoms with van der Waals surface area (Å²) in [6, 6.07) is 0.144. The smallest absolute Gasteiger partial charge is 0.407 e. The second kappa shape index (κ2) is 5.61. The summed E-state index contributed by atoms with van der Waals surface area (Å²) in [5.41, 5.74) is -0.193. The minimum Gasteiger partial charge on any atom is -0.464 e. The predicted octanol–water partition coefficient (Wildman–Crippen LogP) is 1.37. The number of carbonyl (C=O) groups excluding carboxylic acids is 2. The molecule has 0 bridgehead atoms. The van der Waals surface area contributed by atoms with Gasteiger partial charge in [0.15, 0.2) is 5.69 Å². The molecule has 0 aromatic carbocycles. The summed E-state index contributed by atoms with van der Waals surface area (Å²) < 4.78 is 9.88. The van der Waals surface area contributed by atoms with E-state index in [1.165, 1.54) is 13.3 Å². The van der Waals surface area contributed by atoms with E-state index in [0.717, 1.165) is 25.3 Å². The molecule has 8 nitrogen and oxygen atoms in total. The number of rotatable bonds is 3. The largest absolute Gasteiger partial charge is 0.464 e. The van der Waals surface area contributed by atoms with E-state index in [-0.39, 0.29) is 23.2 Å². The number of nitrogens with one attached hydrogen (secondary N) is 1. The van der Waals surface area contributed by atoms with Crippen LogP contribution >= 0.6 is 0 Å². The highest BCUT2D eigenvalue weighted by atomic mass is 16.6. The Hall–Kier alpha value is -2.38. The number of hydrogen-bond acceptors (Lipinski definition) is 7. The van der Waals surface area contributed by atoms with Gasteiger partial charge in [0, 0.05) is 24.5 Å². The van der Waals surface area contributed by atoms with Gasteiger partial charge in [-0.05, 0) is 27.2 Å². The average Bonchev–Trinajstić information content (AvgIpc) is 3.17. The van der Waals surface area contributed by atoms with Crippen molar-refractivity contribution in [1.29, 1.82) is 0 Å². The van der Waals surface area contributed by atoms with Crippen LogP contribution in [-0.2, 0) is 9.47 Å². The number of nitrogens with zero attached hydrogens (tertiary/aromatic N) is 3. The van der Waals surface area contributed by atoms with Crippen molar-refractivity contribution in [3.05, 3.63) is 18.1 Å². The molecule has 1 spiro atoms. The van der Waals surface area contributed by atoms with Gasteiger partial charge in [-0.15, -0.1) is 0 Å². The molecule has 3 rings (SSSR count). The maximum Gasteiger partial charge on any atom is 0.407 e. The number of esters is 1. The molecule has 2 fully saturated rings. The lowest BCUT2D eigenvalue weighted by atomic mass is 9.96. The molecule has 0 radical (unpaired) electrons. The highest BCUT2D eigenvalue weighted by Crippen LogP contribution is 2.53. The molecular weight excluding hydrogens is 312 g/mol. The quantitative estimate of drug-likeness (QED) is 0.834. The van der Waals surface area contributed by atoms with Crippen molar-refractivity contribution in [2.24, 2.45) is 5.41 Å². The Bertz CT molecular complexity index is 647. The second-order valence-corrected chi connectivity index (χ2v) is 7.37. The van der Waals surface area contributed by atoms with Gasteiger partial charge in [0.25, 0.3) is 0 Å². The van der Waals surface area contributed by atoms with Crippen molar-refractivity contribution in [2.75, 3.05) is 25.1 Å². The zero-order valence-electron chi connectivity index (χ0n) is 14.3. The van der Waals surface area contributed by atoms with E-state index in [2.05, 4.69) is 24.9 Å².